The second-order valence-corrected chi connectivity index (χ2v) is 7.09. The largest absolute Gasteiger partial charge is 0.390 e. The van der Waals surface area contributed by atoms with Gasteiger partial charge in [0.05, 0.1) is 12.6 Å². The van der Waals surface area contributed by atoms with Crippen LogP contribution >= 0.6 is 24.8 Å². The van der Waals surface area contributed by atoms with Gasteiger partial charge in [0.15, 0.2) is 0 Å². The maximum absolute atomic E-state index is 12.7. The summed E-state index contributed by atoms with van der Waals surface area (Å²) < 4.78 is 2.05. The van der Waals surface area contributed by atoms with E-state index in [1.807, 2.05) is 23.7 Å². The Bertz CT molecular complexity index is 771. The third-order valence-corrected chi connectivity index (χ3v) is 5.38. The van der Waals surface area contributed by atoms with Crippen molar-refractivity contribution < 1.29 is 9.90 Å². The highest BCUT2D eigenvalue weighted by Gasteiger charge is 2.29. The standard InChI is InChI=1S/C19H25N3O2.2ClH/c1-20-11-8-16-15-6-2-3-7-17(15)22(18(16)19(20)24)13-14(23)12-21-9-4-5-10-21;;/h2-3,6-7,14,23H,4-5,8-13H2,1H3;2*1H. The fraction of sp³-hybridized carbons (Fsp3) is 0.526. The van der Waals surface area contributed by atoms with Crippen LogP contribution in [0.25, 0.3) is 10.9 Å². The van der Waals surface area contributed by atoms with Crippen LogP contribution in [0.5, 0.6) is 0 Å². The van der Waals surface area contributed by atoms with Crippen LogP contribution < -0.4 is 0 Å². The maximum Gasteiger partial charge on any atom is 0.270 e. The van der Waals surface area contributed by atoms with Crippen LogP contribution in [0.1, 0.15) is 28.9 Å². The lowest BCUT2D eigenvalue weighted by Crippen LogP contribution is -2.37. The molecule has 1 unspecified atom stereocenters. The summed E-state index contributed by atoms with van der Waals surface area (Å²) in [6, 6.07) is 8.18. The number of hydrogen-bond acceptors (Lipinski definition) is 3. The molecule has 3 heterocycles. The van der Waals surface area contributed by atoms with Gasteiger partial charge in [0.1, 0.15) is 5.69 Å². The van der Waals surface area contributed by atoms with E-state index in [9.17, 15) is 9.90 Å². The van der Waals surface area contributed by atoms with Gasteiger partial charge in [0.2, 0.25) is 0 Å². The van der Waals surface area contributed by atoms with Gasteiger partial charge in [0, 0.05) is 31.0 Å². The summed E-state index contributed by atoms with van der Waals surface area (Å²) in [6.45, 7) is 4.07. The van der Waals surface area contributed by atoms with Gasteiger partial charge in [0.25, 0.3) is 5.91 Å². The number of aliphatic hydroxyl groups excluding tert-OH is 1. The zero-order chi connectivity index (χ0) is 16.7. The number of rotatable bonds is 4. The van der Waals surface area contributed by atoms with E-state index in [1.54, 1.807) is 4.90 Å². The minimum absolute atomic E-state index is 0. The van der Waals surface area contributed by atoms with Gasteiger partial charge < -0.3 is 19.5 Å². The number of carbonyl (C=O) groups excluding carboxylic acids is 1. The van der Waals surface area contributed by atoms with E-state index in [2.05, 4.69) is 17.0 Å². The third-order valence-electron chi connectivity index (χ3n) is 5.38. The molecular formula is C19H27Cl2N3O2. The fourth-order valence-corrected chi connectivity index (χ4v) is 4.16. The van der Waals surface area contributed by atoms with Crippen molar-refractivity contribution >= 4 is 41.6 Å². The number of benzene rings is 1. The number of nitrogens with zero attached hydrogens (tertiary/aromatic N) is 3. The van der Waals surface area contributed by atoms with Crippen LogP contribution in [0, 0.1) is 0 Å². The number of amides is 1. The topological polar surface area (TPSA) is 48.7 Å². The predicted octanol–water partition coefficient (Wildman–Crippen LogP) is 2.57. The second kappa shape index (κ2) is 8.61. The molecule has 0 bridgehead atoms. The zero-order valence-corrected chi connectivity index (χ0v) is 16.7. The number of para-hydroxylation sites is 1. The first kappa shape index (κ1) is 21.0. The molecule has 0 spiro atoms. The number of likely N-dealkylation sites (tertiary alicyclic amines) is 1. The minimum atomic E-state index is -0.456. The van der Waals surface area contributed by atoms with E-state index < -0.39 is 6.10 Å². The number of carbonyl (C=O) groups is 1. The molecule has 2 aliphatic rings. The van der Waals surface area contributed by atoms with Crippen LogP contribution in [0.4, 0.5) is 0 Å². The third kappa shape index (κ3) is 3.72. The highest BCUT2D eigenvalue weighted by atomic mass is 35.5. The Kier molecular flexibility index (Phi) is 6.97. The number of likely N-dealkylation sites (N-methyl/N-ethyl adjacent to an activating group) is 1. The van der Waals surface area contributed by atoms with Crippen molar-refractivity contribution in [1.29, 1.82) is 0 Å². The monoisotopic (exact) mass is 399 g/mol. The van der Waals surface area contributed by atoms with Crippen molar-refractivity contribution in [3.63, 3.8) is 0 Å². The number of hydrogen-bond donors (Lipinski definition) is 1. The van der Waals surface area contributed by atoms with Crippen molar-refractivity contribution in [2.75, 3.05) is 33.2 Å². The van der Waals surface area contributed by atoms with E-state index >= 15 is 0 Å². The van der Waals surface area contributed by atoms with Crippen LogP contribution in [-0.4, -0.2) is 64.7 Å². The number of halogens is 2. The molecule has 1 amide bonds. The van der Waals surface area contributed by atoms with E-state index in [-0.39, 0.29) is 30.7 Å². The second-order valence-electron chi connectivity index (χ2n) is 7.09. The smallest absolute Gasteiger partial charge is 0.270 e. The van der Waals surface area contributed by atoms with Crippen LogP contribution in [-0.2, 0) is 13.0 Å². The number of fused-ring (bicyclic) bond motifs is 3. The first-order chi connectivity index (χ1) is 11.6. The van der Waals surface area contributed by atoms with Crippen molar-refractivity contribution in [2.45, 2.75) is 31.9 Å². The van der Waals surface area contributed by atoms with E-state index in [0.717, 1.165) is 48.2 Å². The van der Waals surface area contributed by atoms with E-state index in [4.69, 9.17) is 0 Å². The summed E-state index contributed by atoms with van der Waals surface area (Å²) in [4.78, 5) is 16.8. The van der Waals surface area contributed by atoms with Crippen LogP contribution in [0.3, 0.4) is 0 Å². The van der Waals surface area contributed by atoms with Crippen molar-refractivity contribution in [1.82, 2.24) is 14.4 Å². The molecule has 4 rings (SSSR count). The number of β-amino-alcohol motifs (C(OH)–C–C–N with tert-alkyl or cyclic N) is 1. The van der Waals surface area contributed by atoms with Gasteiger partial charge in [-0.2, -0.15) is 0 Å². The fourth-order valence-electron chi connectivity index (χ4n) is 4.16. The molecule has 1 atom stereocenters. The molecule has 1 saturated heterocycles. The zero-order valence-electron chi connectivity index (χ0n) is 15.1. The first-order valence-corrected chi connectivity index (χ1v) is 8.91. The molecule has 0 saturated carbocycles. The molecule has 7 heteroatoms. The average Bonchev–Trinajstić information content (AvgIpc) is 3.18. The minimum Gasteiger partial charge on any atom is -0.390 e. The Morgan fingerprint density at radius 1 is 1.08 bits per heavy atom. The van der Waals surface area contributed by atoms with Crippen LogP contribution in [0.15, 0.2) is 24.3 Å². The van der Waals surface area contributed by atoms with Gasteiger partial charge in [-0.15, -0.1) is 24.8 Å². The van der Waals surface area contributed by atoms with Gasteiger partial charge in [-0.1, -0.05) is 18.2 Å². The Labute approximate surface area is 166 Å². The molecule has 1 aromatic carbocycles. The van der Waals surface area contributed by atoms with E-state index in [1.165, 1.54) is 12.8 Å². The quantitative estimate of drug-likeness (QED) is 0.859. The van der Waals surface area contributed by atoms with Gasteiger partial charge in [-0.05, 0) is 44.0 Å². The lowest BCUT2D eigenvalue weighted by atomic mass is 10.0. The summed E-state index contributed by atoms with van der Waals surface area (Å²) in [6.07, 6.45) is 2.87. The Morgan fingerprint density at radius 2 is 1.77 bits per heavy atom. The van der Waals surface area contributed by atoms with Crippen molar-refractivity contribution in [3.05, 3.63) is 35.5 Å². The average molecular weight is 400 g/mol. The molecule has 2 aromatic rings. The molecular weight excluding hydrogens is 373 g/mol. The molecule has 5 nitrogen and oxygen atoms in total. The van der Waals surface area contributed by atoms with Gasteiger partial charge in [-0.3, -0.25) is 4.79 Å². The maximum atomic E-state index is 12.7. The van der Waals surface area contributed by atoms with E-state index in [0.29, 0.717) is 13.1 Å². The molecule has 0 radical (unpaired) electrons. The lowest BCUT2D eigenvalue weighted by Gasteiger charge is -2.26. The summed E-state index contributed by atoms with van der Waals surface area (Å²) in [5.74, 6) is 0.0702. The summed E-state index contributed by atoms with van der Waals surface area (Å²) in [7, 11) is 1.86. The highest BCUT2D eigenvalue weighted by Crippen LogP contribution is 2.30. The molecule has 144 valence electrons. The predicted molar refractivity (Wildman–Crippen MR) is 109 cm³/mol. The summed E-state index contributed by atoms with van der Waals surface area (Å²) in [5, 5.41) is 11.8. The molecule has 1 N–H and O–H groups in total. The normalized spacial score (nSPS) is 18.4. The molecule has 2 aliphatic heterocycles. The Balaban J connectivity index is 0.00000121. The number of aromatic nitrogens is 1. The van der Waals surface area contributed by atoms with Crippen LogP contribution in [0.2, 0.25) is 0 Å². The highest BCUT2D eigenvalue weighted by molar-refractivity contribution is 6.02. The first-order valence-electron chi connectivity index (χ1n) is 8.91. The Hall–Kier alpha value is -1.27. The molecule has 1 aromatic heterocycles. The van der Waals surface area contributed by atoms with Gasteiger partial charge >= 0.3 is 0 Å². The SMILES string of the molecule is CN1CCc2c(n(CC(O)CN3CCCC3)c3ccccc23)C1=O.Cl.Cl. The summed E-state index contributed by atoms with van der Waals surface area (Å²) >= 11 is 0. The molecule has 0 aliphatic carbocycles. The van der Waals surface area contributed by atoms with Gasteiger partial charge in [-0.25, -0.2) is 0 Å². The molecule has 1 fully saturated rings. The van der Waals surface area contributed by atoms with Crippen molar-refractivity contribution in [3.8, 4) is 0 Å². The van der Waals surface area contributed by atoms with Crippen molar-refractivity contribution in [2.24, 2.45) is 0 Å². The number of aliphatic hydroxyl groups is 1. The summed E-state index contributed by atoms with van der Waals surface area (Å²) in [5.41, 5.74) is 2.97. The Morgan fingerprint density at radius 3 is 2.50 bits per heavy atom. The molecule has 26 heavy (non-hydrogen) atoms. The lowest BCUT2D eigenvalue weighted by molar-refractivity contribution is 0.0757.